The first-order valence-electron chi connectivity index (χ1n) is 13.0. The van der Waals surface area contributed by atoms with Crippen LogP contribution in [0.1, 0.15) is 26.3 Å². The Morgan fingerprint density at radius 1 is 0.643 bits per heavy atom. The number of carbonyl (C=O) groups is 2. The fraction of sp³-hybridized carbons (Fsp3) is 0. The maximum atomic E-state index is 13.4. The summed E-state index contributed by atoms with van der Waals surface area (Å²) in [5.41, 5.74) is 4.96. The monoisotopic (exact) mass is 676 g/mol. The third kappa shape index (κ3) is 6.00. The normalized spacial score (nSPS) is 10.8. The molecule has 0 aliphatic heterocycles. The van der Waals surface area contributed by atoms with E-state index < -0.39 is 0 Å². The highest BCUT2D eigenvalue weighted by atomic mass is 79.9. The number of hydrogen-bond acceptors (Lipinski definition) is 5. The molecule has 1 aromatic heterocycles. The number of nitrogens with zero attached hydrogens (tertiary/aromatic N) is 2. The van der Waals surface area contributed by atoms with Crippen LogP contribution in [0.4, 0.5) is 17.3 Å². The van der Waals surface area contributed by atoms with Crippen molar-refractivity contribution in [2.75, 3.05) is 10.6 Å². The van der Waals surface area contributed by atoms with Gasteiger partial charge in [0.2, 0.25) is 5.95 Å². The molecule has 6 aromatic rings. The van der Waals surface area contributed by atoms with Gasteiger partial charge in [0, 0.05) is 42.3 Å². The van der Waals surface area contributed by atoms with Gasteiger partial charge >= 0.3 is 0 Å². The Hall–Kier alpha value is -4.66. The highest BCUT2D eigenvalue weighted by Crippen LogP contribution is 2.31. The van der Waals surface area contributed by atoms with Crippen molar-refractivity contribution in [2.24, 2.45) is 0 Å². The van der Waals surface area contributed by atoms with Gasteiger partial charge in [-0.1, -0.05) is 98.6 Å². The second kappa shape index (κ2) is 12.1. The van der Waals surface area contributed by atoms with Gasteiger partial charge in [-0.3, -0.25) is 9.59 Å². The second-order valence-electron chi connectivity index (χ2n) is 9.47. The van der Waals surface area contributed by atoms with Crippen molar-refractivity contribution in [1.82, 2.24) is 9.97 Å². The van der Waals surface area contributed by atoms with Crippen LogP contribution in [-0.2, 0) is 0 Å². The van der Waals surface area contributed by atoms with Gasteiger partial charge in [-0.05, 0) is 54.6 Å². The smallest absolute Gasteiger partial charge is 0.255 e. The van der Waals surface area contributed by atoms with Crippen LogP contribution in [0.3, 0.4) is 0 Å². The van der Waals surface area contributed by atoms with Gasteiger partial charge < -0.3 is 10.6 Å². The van der Waals surface area contributed by atoms with Crippen molar-refractivity contribution in [3.63, 3.8) is 0 Å². The van der Waals surface area contributed by atoms with Crippen molar-refractivity contribution >= 4 is 71.8 Å². The van der Waals surface area contributed by atoms with Gasteiger partial charge in [0.05, 0.1) is 16.9 Å². The number of halogens is 2. The van der Waals surface area contributed by atoms with Gasteiger partial charge in [-0.15, -0.1) is 0 Å². The third-order valence-electron chi connectivity index (χ3n) is 6.60. The molecule has 5 aromatic carbocycles. The minimum absolute atomic E-state index is 0.183. The van der Waals surface area contributed by atoms with Crippen molar-refractivity contribution in [2.45, 2.75) is 0 Å². The van der Waals surface area contributed by atoms with Crippen LogP contribution in [0, 0.1) is 0 Å². The molecular weight excluding hydrogens is 656 g/mol. The van der Waals surface area contributed by atoms with Gasteiger partial charge in [0.1, 0.15) is 0 Å². The molecular formula is C34H22Br2N4O2. The van der Waals surface area contributed by atoms with Crippen LogP contribution < -0.4 is 10.6 Å². The lowest BCUT2D eigenvalue weighted by Gasteiger charge is -2.13. The second-order valence-corrected chi connectivity index (χ2v) is 11.3. The molecule has 0 saturated heterocycles. The Morgan fingerprint density at radius 3 is 2.12 bits per heavy atom. The third-order valence-corrected chi connectivity index (χ3v) is 7.58. The molecule has 6 nitrogen and oxygen atoms in total. The number of aromatic nitrogens is 2. The SMILES string of the molecule is O=C(Nc1ccc(Br)cc1C(=O)c1ccccc1)c1cccc(Nc2nc(-c3ccccc3)c3cc(Br)ccc3n2)c1. The molecule has 0 unspecified atom stereocenters. The molecule has 204 valence electrons. The summed E-state index contributed by atoms with van der Waals surface area (Å²) in [5.74, 6) is -0.125. The summed E-state index contributed by atoms with van der Waals surface area (Å²) < 4.78 is 1.68. The minimum atomic E-state index is -0.350. The van der Waals surface area contributed by atoms with E-state index in [1.54, 1.807) is 48.5 Å². The number of carbonyl (C=O) groups excluding carboxylic acids is 2. The van der Waals surface area contributed by atoms with Gasteiger partial charge in [0.25, 0.3) is 5.91 Å². The standard InChI is InChI=1S/C34H22Br2N4O2/c35-24-14-16-29-27(19-24)31(21-8-3-1-4-9-21)40-34(39-29)37-26-13-7-12-23(18-26)33(42)38-30-17-15-25(36)20-28(30)32(41)22-10-5-2-6-11-22/h1-20H,(H,38,42)(H,37,39,40). The highest BCUT2D eigenvalue weighted by Gasteiger charge is 2.17. The summed E-state index contributed by atoms with van der Waals surface area (Å²) >= 11 is 6.99. The van der Waals surface area contributed by atoms with Gasteiger partial charge in [-0.2, -0.15) is 0 Å². The van der Waals surface area contributed by atoms with E-state index >= 15 is 0 Å². The molecule has 0 bridgehead atoms. The molecule has 8 heteroatoms. The number of ketones is 1. The Kier molecular flexibility index (Phi) is 7.90. The average Bonchev–Trinajstić information content (AvgIpc) is 3.02. The Morgan fingerprint density at radius 2 is 1.33 bits per heavy atom. The number of nitrogens with one attached hydrogen (secondary N) is 2. The van der Waals surface area contributed by atoms with Crippen LogP contribution in [0.2, 0.25) is 0 Å². The van der Waals surface area contributed by atoms with Crippen molar-refractivity contribution in [3.8, 4) is 11.3 Å². The van der Waals surface area contributed by atoms with Crippen molar-refractivity contribution in [3.05, 3.63) is 147 Å². The van der Waals surface area contributed by atoms with Gasteiger partial charge in [0.15, 0.2) is 5.78 Å². The van der Waals surface area contributed by atoms with Crippen LogP contribution >= 0.6 is 31.9 Å². The maximum absolute atomic E-state index is 13.4. The fourth-order valence-electron chi connectivity index (χ4n) is 4.59. The van der Waals surface area contributed by atoms with Crippen LogP contribution in [0.25, 0.3) is 22.2 Å². The maximum Gasteiger partial charge on any atom is 0.255 e. The fourth-order valence-corrected chi connectivity index (χ4v) is 5.31. The summed E-state index contributed by atoms with van der Waals surface area (Å²) in [6.07, 6.45) is 0. The molecule has 42 heavy (non-hydrogen) atoms. The van der Waals surface area contributed by atoms with Crippen LogP contribution in [0.5, 0.6) is 0 Å². The molecule has 1 heterocycles. The lowest BCUT2D eigenvalue weighted by molar-refractivity contribution is 0.102. The predicted molar refractivity (Wildman–Crippen MR) is 174 cm³/mol. The zero-order valence-electron chi connectivity index (χ0n) is 22.0. The van der Waals surface area contributed by atoms with E-state index in [0.29, 0.717) is 34.0 Å². The number of amides is 1. The number of anilines is 3. The topological polar surface area (TPSA) is 84.0 Å². The average molecular weight is 678 g/mol. The molecule has 6 rings (SSSR count). The van der Waals surface area contributed by atoms with E-state index in [2.05, 4.69) is 42.5 Å². The number of rotatable bonds is 7. The molecule has 0 fully saturated rings. The number of benzene rings is 5. The van der Waals surface area contributed by atoms with E-state index in [0.717, 1.165) is 31.1 Å². The zero-order chi connectivity index (χ0) is 29.1. The van der Waals surface area contributed by atoms with E-state index in [1.165, 1.54) is 0 Å². The summed E-state index contributed by atoms with van der Waals surface area (Å²) in [7, 11) is 0. The first kappa shape index (κ1) is 27.5. The molecule has 0 saturated carbocycles. The van der Waals surface area contributed by atoms with E-state index in [9.17, 15) is 9.59 Å². The first-order valence-corrected chi connectivity index (χ1v) is 14.6. The number of hydrogen-bond donors (Lipinski definition) is 2. The molecule has 0 spiro atoms. The Balaban J connectivity index is 1.29. The lowest BCUT2D eigenvalue weighted by atomic mass is 10.0. The molecule has 0 atom stereocenters. The molecule has 1 amide bonds. The predicted octanol–water partition coefficient (Wildman–Crippen LogP) is 9.05. The summed E-state index contributed by atoms with van der Waals surface area (Å²) in [5, 5.41) is 7.10. The zero-order valence-corrected chi connectivity index (χ0v) is 25.2. The van der Waals surface area contributed by atoms with E-state index in [1.807, 2.05) is 72.8 Å². The van der Waals surface area contributed by atoms with Crippen molar-refractivity contribution < 1.29 is 9.59 Å². The quantitative estimate of drug-likeness (QED) is 0.165. The lowest BCUT2D eigenvalue weighted by Crippen LogP contribution is -2.15. The van der Waals surface area contributed by atoms with E-state index in [4.69, 9.17) is 9.97 Å². The number of fused-ring (bicyclic) bond motifs is 1. The van der Waals surface area contributed by atoms with Gasteiger partial charge in [-0.25, -0.2) is 9.97 Å². The Labute approximate surface area is 259 Å². The van der Waals surface area contributed by atoms with Crippen LogP contribution in [-0.4, -0.2) is 21.7 Å². The summed E-state index contributed by atoms with van der Waals surface area (Å²) in [4.78, 5) is 36.2. The highest BCUT2D eigenvalue weighted by molar-refractivity contribution is 9.10. The molecule has 0 aliphatic rings. The summed E-state index contributed by atoms with van der Waals surface area (Å²) in [6, 6.07) is 37.1. The molecule has 0 radical (unpaired) electrons. The van der Waals surface area contributed by atoms with E-state index in [-0.39, 0.29) is 11.7 Å². The van der Waals surface area contributed by atoms with Crippen LogP contribution in [0.15, 0.2) is 130 Å². The first-order chi connectivity index (χ1) is 20.4. The molecule has 2 N–H and O–H groups in total. The minimum Gasteiger partial charge on any atom is -0.324 e. The Bertz CT molecular complexity index is 1950. The van der Waals surface area contributed by atoms with Crippen molar-refractivity contribution in [1.29, 1.82) is 0 Å². The largest absolute Gasteiger partial charge is 0.324 e. The molecule has 0 aliphatic carbocycles. The summed E-state index contributed by atoms with van der Waals surface area (Å²) in [6.45, 7) is 0.